The number of Topliss-reactive ketones (excluding diaryl/α,β-unsaturated/α-hetero) is 1. The zero-order valence-electron chi connectivity index (χ0n) is 16.8. The van der Waals surface area contributed by atoms with E-state index in [1.165, 1.54) is 6.07 Å². The van der Waals surface area contributed by atoms with Crippen LogP contribution >= 0.6 is 0 Å². The molecule has 154 valence electrons. The Morgan fingerprint density at radius 3 is 2.06 bits per heavy atom. The highest BCUT2D eigenvalue weighted by molar-refractivity contribution is 6.03. The number of fused-ring (bicyclic) bond motifs is 1. The summed E-state index contributed by atoms with van der Waals surface area (Å²) < 4.78 is 10.8. The maximum absolute atomic E-state index is 13.2. The molecule has 0 aliphatic heterocycles. The van der Waals surface area contributed by atoms with Crippen molar-refractivity contribution in [3.05, 3.63) is 108 Å². The first-order chi connectivity index (χ1) is 15.1. The molecule has 5 heteroatoms. The van der Waals surface area contributed by atoms with Gasteiger partial charge in [0, 0.05) is 11.1 Å². The second-order valence-electron chi connectivity index (χ2n) is 7.01. The molecule has 4 aromatic carbocycles. The van der Waals surface area contributed by atoms with Crippen molar-refractivity contribution in [3.63, 3.8) is 0 Å². The summed E-state index contributed by atoms with van der Waals surface area (Å²) in [7, 11) is 1.54. The Balaban J connectivity index is 1.68. The summed E-state index contributed by atoms with van der Waals surface area (Å²) in [4.78, 5) is 26.2. The Kier molecular flexibility index (Phi) is 5.67. The maximum atomic E-state index is 13.2. The van der Waals surface area contributed by atoms with Crippen LogP contribution in [0, 0.1) is 0 Å². The molecule has 0 fully saturated rings. The number of hydrogen-bond donors (Lipinski definition) is 1. The zero-order valence-corrected chi connectivity index (χ0v) is 16.8. The van der Waals surface area contributed by atoms with E-state index in [0.29, 0.717) is 16.9 Å². The van der Waals surface area contributed by atoms with Gasteiger partial charge in [-0.2, -0.15) is 0 Å². The molecule has 0 aliphatic rings. The number of ether oxygens (including phenoxy) is 2. The van der Waals surface area contributed by atoms with Gasteiger partial charge in [-0.15, -0.1) is 0 Å². The van der Waals surface area contributed by atoms with Crippen LogP contribution in [0.2, 0.25) is 0 Å². The summed E-state index contributed by atoms with van der Waals surface area (Å²) in [6, 6.07) is 25.8. The molecule has 1 atom stereocenters. The molecule has 4 aromatic rings. The van der Waals surface area contributed by atoms with Crippen LogP contribution in [0.25, 0.3) is 10.8 Å². The molecule has 0 amide bonds. The SMILES string of the molecule is COc1ccc(C(=O)[C@H](OC(=O)c2cc3ccccc3cc2O)c2ccccc2)cc1. The molecule has 0 saturated carbocycles. The molecule has 0 spiro atoms. The van der Waals surface area contributed by atoms with Crippen molar-refractivity contribution in [2.75, 3.05) is 7.11 Å². The number of aromatic hydroxyl groups is 1. The Labute approximate surface area is 179 Å². The van der Waals surface area contributed by atoms with Crippen LogP contribution in [0.5, 0.6) is 11.5 Å². The number of esters is 1. The first-order valence-corrected chi connectivity index (χ1v) is 9.73. The van der Waals surface area contributed by atoms with Gasteiger partial charge in [-0.1, -0.05) is 54.6 Å². The van der Waals surface area contributed by atoms with Crippen molar-refractivity contribution in [2.24, 2.45) is 0 Å². The van der Waals surface area contributed by atoms with Crippen molar-refractivity contribution < 1.29 is 24.2 Å². The smallest absolute Gasteiger partial charge is 0.343 e. The van der Waals surface area contributed by atoms with E-state index in [1.54, 1.807) is 61.7 Å². The normalized spacial score (nSPS) is 11.6. The van der Waals surface area contributed by atoms with Crippen molar-refractivity contribution in [1.29, 1.82) is 0 Å². The van der Waals surface area contributed by atoms with Gasteiger partial charge in [-0.25, -0.2) is 4.79 Å². The fourth-order valence-corrected chi connectivity index (χ4v) is 3.37. The molecule has 0 saturated heterocycles. The topological polar surface area (TPSA) is 72.8 Å². The van der Waals surface area contributed by atoms with Crippen molar-refractivity contribution in [2.45, 2.75) is 6.10 Å². The highest BCUT2D eigenvalue weighted by atomic mass is 16.5. The largest absolute Gasteiger partial charge is 0.507 e. The minimum atomic E-state index is -1.16. The Hall–Kier alpha value is -4.12. The zero-order chi connectivity index (χ0) is 21.8. The number of hydrogen-bond acceptors (Lipinski definition) is 5. The Bertz CT molecular complexity index is 1230. The molecule has 4 rings (SSSR count). The van der Waals surface area contributed by atoms with Gasteiger partial charge in [-0.05, 0) is 47.2 Å². The third-order valence-electron chi connectivity index (χ3n) is 5.02. The van der Waals surface area contributed by atoms with Gasteiger partial charge in [0.1, 0.15) is 17.1 Å². The number of phenolic OH excluding ortho intramolecular Hbond substituents is 1. The number of ketones is 1. The predicted octanol–water partition coefficient (Wildman–Crippen LogP) is 5.34. The summed E-state index contributed by atoms with van der Waals surface area (Å²) in [5, 5.41) is 12.0. The second-order valence-corrected chi connectivity index (χ2v) is 7.01. The molecule has 1 N–H and O–H groups in total. The van der Waals surface area contributed by atoms with Crippen LogP contribution in [0.4, 0.5) is 0 Å². The van der Waals surface area contributed by atoms with E-state index in [9.17, 15) is 14.7 Å². The van der Waals surface area contributed by atoms with Gasteiger partial charge < -0.3 is 14.6 Å². The van der Waals surface area contributed by atoms with E-state index in [-0.39, 0.29) is 17.1 Å². The number of methoxy groups -OCH3 is 1. The molecule has 0 unspecified atom stereocenters. The fourth-order valence-electron chi connectivity index (χ4n) is 3.37. The lowest BCUT2D eigenvalue weighted by atomic mass is 9.99. The monoisotopic (exact) mass is 412 g/mol. The Morgan fingerprint density at radius 2 is 1.42 bits per heavy atom. The number of benzene rings is 4. The Morgan fingerprint density at radius 1 is 0.806 bits per heavy atom. The number of rotatable bonds is 6. The van der Waals surface area contributed by atoms with E-state index in [1.807, 2.05) is 30.3 Å². The summed E-state index contributed by atoms with van der Waals surface area (Å²) >= 11 is 0. The van der Waals surface area contributed by atoms with Gasteiger partial charge in [-0.3, -0.25) is 4.79 Å². The average molecular weight is 412 g/mol. The summed E-state index contributed by atoms with van der Waals surface area (Å²) in [6.07, 6.45) is -1.16. The van der Waals surface area contributed by atoms with Gasteiger partial charge in [0.15, 0.2) is 6.10 Å². The van der Waals surface area contributed by atoms with Crippen LogP contribution in [-0.2, 0) is 4.74 Å². The summed E-state index contributed by atoms with van der Waals surface area (Å²) in [5.41, 5.74) is 0.921. The van der Waals surface area contributed by atoms with E-state index < -0.39 is 12.1 Å². The highest BCUT2D eigenvalue weighted by Crippen LogP contribution is 2.29. The van der Waals surface area contributed by atoms with Gasteiger partial charge in [0.2, 0.25) is 5.78 Å². The first-order valence-electron chi connectivity index (χ1n) is 9.73. The molecule has 5 nitrogen and oxygen atoms in total. The van der Waals surface area contributed by atoms with Crippen LogP contribution in [0.3, 0.4) is 0 Å². The summed E-state index contributed by atoms with van der Waals surface area (Å²) in [6.45, 7) is 0. The predicted molar refractivity (Wildman–Crippen MR) is 118 cm³/mol. The molecule has 0 radical (unpaired) electrons. The average Bonchev–Trinajstić information content (AvgIpc) is 2.82. The number of carbonyl (C=O) groups is 2. The lowest BCUT2D eigenvalue weighted by Crippen LogP contribution is -2.20. The molecular weight excluding hydrogens is 392 g/mol. The van der Waals surface area contributed by atoms with Crippen molar-refractivity contribution in [1.82, 2.24) is 0 Å². The fraction of sp³-hybridized carbons (Fsp3) is 0.0769. The van der Waals surface area contributed by atoms with Crippen molar-refractivity contribution >= 4 is 22.5 Å². The third kappa shape index (κ3) is 4.26. The molecular formula is C26H20O5. The van der Waals surface area contributed by atoms with Crippen LogP contribution < -0.4 is 4.74 Å². The second kappa shape index (κ2) is 8.71. The van der Waals surface area contributed by atoms with Crippen LogP contribution in [0.15, 0.2) is 91.0 Å². The molecule has 0 aromatic heterocycles. The standard InChI is InChI=1S/C26H20O5/c1-30-21-13-11-17(12-14-21)24(28)25(18-7-3-2-4-8-18)31-26(29)22-15-19-9-5-6-10-20(19)16-23(22)27/h2-16,25,27H,1H3/t25-/m1/s1. The van der Waals surface area contributed by atoms with Crippen LogP contribution in [0.1, 0.15) is 32.4 Å². The molecule has 31 heavy (non-hydrogen) atoms. The quantitative estimate of drug-likeness (QED) is 0.342. The minimum Gasteiger partial charge on any atom is -0.507 e. The lowest BCUT2D eigenvalue weighted by Gasteiger charge is -2.18. The van der Waals surface area contributed by atoms with E-state index in [4.69, 9.17) is 9.47 Å². The highest BCUT2D eigenvalue weighted by Gasteiger charge is 2.28. The van der Waals surface area contributed by atoms with Crippen molar-refractivity contribution in [3.8, 4) is 11.5 Å². The minimum absolute atomic E-state index is 0.00200. The molecule has 0 heterocycles. The van der Waals surface area contributed by atoms with E-state index in [2.05, 4.69) is 0 Å². The molecule has 0 aliphatic carbocycles. The summed E-state index contributed by atoms with van der Waals surface area (Å²) in [5.74, 6) is -0.736. The van der Waals surface area contributed by atoms with Gasteiger partial charge in [0.25, 0.3) is 0 Å². The van der Waals surface area contributed by atoms with Gasteiger partial charge in [0.05, 0.1) is 7.11 Å². The maximum Gasteiger partial charge on any atom is 0.343 e. The third-order valence-corrected chi connectivity index (χ3v) is 5.02. The number of phenols is 1. The van der Waals surface area contributed by atoms with Crippen LogP contribution in [-0.4, -0.2) is 24.0 Å². The number of carbonyl (C=O) groups excluding carboxylic acids is 2. The van der Waals surface area contributed by atoms with Gasteiger partial charge >= 0.3 is 5.97 Å². The van der Waals surface area contributed by atoms with E-state index >= 15 is 0 Å². The van der Waals surface area contributed by atoms with E-state index in [0.717, 1.165) is 10.8 Å². The molecule has 0 bridgehead atoms. The first kappa shape index (κ1) is 20.2. The lowest BCUT2D eigenvalue weighted by molar-refractivity contribution is 0.0277.